The molecule has 2 aromatic carbocycles. The Morgan fingerprint density at radius 2 is 1.86 bits per heavy atom. The molecule has 1 N–H and O–H groups in total. The van der Waals surface area contributed by atoms with E-state index in [-0.39, 0.29) is 24.0 Å². The largest absolute Gasteiger partial charge is 0.491 e. The molecule has 1 saturated heterocycles. The first-order valence-electron chi connectivity index (χ1n) is 12.7. The average Bonchev–Trinajstić information content (AvgIpc) is 3.38. The number of rotatable bonds is 6. The minimum atomic E-state index is -0.285. The van der Waals surface area contributed by atoms with E-state index in [1.807, 2.05) is 23.1 Å². The Hall–Kier alpha value is -2.42. The Kier molecular flexibility index (Phi) is 6.52. The van der Waals surface area contributed by atoms with Crippen LogP contribution in [0, 0.1) is 0 Å². The molecule has 2 fully saturated rings. The molecule has 0 spiro atoms. The maximum Gasteiger partial charge on any atom is 0.252 e. The second-order valence-electron chi connectivity index (χ2n) is 9.93. The van der Waals surface area contributed by atoms with Crippen molar-refractivity contribution in [2.45, 2.75) is 56.7 Å². The molecular weight excluding hydrogens is 538 g/mol. The van der Waals surface area contributed by atoms with Gasteiger partial charge < -0.3 is 19.4 Å². The minimum Gasteiger partial charge on any atom is -0.491 e. The highest BCUT2D eigenvalue weighted by Crippen LogP contribution is 2.45. The fraction of sp³-hybridized carbons (Fsp3) is 0.429. The van der Waals surface area contributed by atoms with Gasteiger partial charge in [-0.25, -0.2) is 0 Å². The molecule has 3 heterocycles. The monoisotopic (exact) mass is 567 g/mol. The highest BCUT2D eigenvalue weighted by Gasteiger charge is 2.52. The molecule has 1 unspecified atom stereocenters. The van der Waals surface area contributed by atoms with Gasteiger partial charge in [-0.2, -0.15) is 0 Å². The van der Waals surface area contributed by atoms with Crippen molar-refractivity contribution >= 4 is 50.1 Å². The smallest absolute Gasteiger partial charge is 0.252 e. The van der Waals surface area contributed by atoms with Gasteiger partial charge in [0.1, 0.15) is 18.4 Å². The van der Waals surface area contributed by atoms with Crippen molar-refractivity contribution in [3.05, 3.63) is 63.8 Å². The van der Waals surface area contributed by atoms with E-state index in [9.17, 15) is 4.79 Å². The number of carbonyl (C=O) groups excluding carboxylic acids is 1. The number of nitrogens with zero attached hydrogens (tertiary/aromatic N) is 2. The molecule has 1 saturated carbocycles. The topological polar surface area (TPSA) is 57.8 Å². The molecule has 188 valence electrons. The lowest BCUT2D eigenvalue weighted by Crippen LogP contribution is -2.44. The summed E-state index contributed by atoms with van der Waals surface area (Å²) in [6.45, 7) is 1.05. The molecule has 6 rings (SSSR count). The van der Waals surface area contributed by atoms with Gasteiger partial charge in [-0.05, 0) is 66.5 Å². The fourth-order valence-corrected chi connectivity index (χ4v) is 6.96. The van der Waals surface area contributed by atoms with Gasteiger partial charge in [0.05, 0.1) is 12.6 Å². The van der Waals surface area contributed by atoms with Gasteiger partial charge >= 0.3 is 0 Å². The number of benzene rings is 2. The predicted octanol–water partition coefficient (Wildman–Crippen LogP) is 5.73. The van der Waals surface area contributed by atoms with Crippen LogP contribution in [0.3, 0.4) is 0 Å². The molecule has 8 heteroatoms. The van der Waals surface area contributed by atoms with Crippen LogP contribution < -0.4 is 4.74 Å². The van der Waals surface area contributed by atoms with Crippen LogP contribution in [0.1, 0.15) is 55.0 Å². The third kappa shape index (κ3) is 4.03. The van der Waals surface area contributed by atoms with Gasteiger partial charge in [-0.3, -0.25) is 9.69 Å². The minimum absolute atomic E-state index is 0.159. The molecular formula is C28H30BrN3O3S. The number of nitrogens with one attached hydrogen (secondary N) is 1. The SMILES string of the molecule is COCCOc1ccc([C@@H]2c3[nH]c4ccc(Br)cc4c3CC3C(=O)N(C4CCCCC4)C(=S)N32)cc1. The number of hydrogen-bond acceptors (Lipinski definition) is 4. The summed E-state index contributed by atoms with van der Waals surface area (Å²) in [6, 6.07) is 14.2. The van der Waals surface area contributed by atoms with Gasteiger partial charge in [-0.15, -0.1) is 0 Å². The molecule has 1 amide bonds. The van der Waals surface area contributed by atoms with Gasteiger partial charge in [-0.1, -0.05) is 47.3 Å². The van der Waals surface area contributed by atoms with Crippen LogP contribution in [-0.2, 0) is 16.0 Å². The summed E-state index contributed by atoms with van der Waals surface area (Å²) in [7, 11) is 1.67. The number of carbonyl (C=O) groups is 1. The zero-order valence-corrected chi connectivity index (χ0v) is 22.7. The van der Waals surface area contributed by atoms with Crippen LogP contribution in [-0.4, -0.2) is 58.2 Å². The van der Waals surface area contributed by atoms with Gasteiger partial charge in [0, 0.05) is 40.6 Å². The number of aromatic amines is 1. The summed E-state index contributed by atoms with van der Waals surface area (Å²) >= 11 is 9.71. The van der Waals surface area contributed by atoms with Crippen molar-refractivity contribution < 1.29 is 14.3 Å². The highest BCUT2D eigenvalue weighted by atomic mass is 79.9. The van der Waals surface area contributed by atoms with Crippen molar-refractivity contribution in [1.82, 2.24) is 14.8 Å². The van der Waals surface area contributed by atoms with Crippen LogP contribution in [0.4, 0.5) is 0 Å². The van der Waals surface area contributed by atoms with Gasteiger partial charge in [0.25, 0.3) is 5.91 Å². The van der Waals surface area contributed by atoms with Crippen molar-refractivity contribution in [1.29, 1.82) is 0 Å². The molecule has 6 nitrogen and oxygen atoms in total. The van der Waals surface area contributed by atoms with E-state index >= 15 is 0 Å². The molecule has 36 heavy (non-hydrogen) atoms. The average molecular weight is 569 g/mol. The van der Waals surface area contributed by atoms with E-state index in [2.05, 4.69) is 50.1 Å². The summed E-state index contributed by atoms with van der Waals surface area (Å²) < 4.78 is 11.9. The number of thiocarbonyl (C=S) groups is 1. The third-order valence-electron chi connectivity index (χ3n) is 7.83. The molecule has 2 atom stereocenters. The number of aromatic nitrogens is 1. The normalized spacial score (nSPS) is 22.3. The van der Waals surface area contributed by atoms with Crippen LogP contribution in [0.15, 0.2) is 46.9 Å². The predicted molar refractivity (Wildman–Crippen MR) is 147 cm³/mol. The highest BCUT2D eigenvalue weighted by molar-refractivity contribution is 9.10. The first-order valence-corrected chi connectivity index (χ1v) is 13.9. The van der Waals surface area contributed by atoms with E-state index in [0.717, 1.165) is 52.7 Å². The number of ether oxygens (including phenoxy) is 2. The lowest BCUT2D eigenvalue weighted by molar-refractivity contribution is -0.130. The lowest BCUT2D eigenvalue weighted by Gasteiger charge is -2.38. The summed E-state index contributed by atoms with van der Waals surface area (Å²) in [5, 5.41) is 1.84. The number of amides is 1. The lowest BCUT2D eigenvalue weighted by atomic mass is 9.88. The van der Waals surface area contributed by atoms with Crippen molar-refractivity contribution in [3.63, 3.8) is 0 Å². The van der Waals surface area contributed by atoms with Crippen LogP contribution in [0.5, 0.6) is 5.75 Å². The molecule has 2 aliphatic heterocycles. The quantitative estimate of drug-likeness (QED) is 0.304. The van der Waals surface area contributed by atoms with Crippen LogP contribution in [0.2, 0.25) is 0 Å². The second kappa shape index (κ2) is 9.80. The number of hydrogen-bond donors (Lipinski definition) is 1. The number of methoxy groups -OCH3 is 1. The standard InChI is InChI=1S/C28H30BrN3O3S/c1-34-13-14-35-20-10-7-17(8-11-20)26-25-22(21-15-18(29)9-12-23(21)30-25)16-24-27(33)31(28(36)32(24)26)19-5-3-2-4-6-19/h7-12,15,19,24,26,30H,2-6,13-14,16H2,1H3/t24?,26-/m1/s1. The maximum atomic E-state index is 13.9. The van der Waals surface area contributed by atoms with Crippen molar-refractivity contribution in [2.75, 3.05) is 20.3 Å². The molecule has 3 aliphatic rings. The number of H-pyrrole nitrogens is 1. The van der Waals surface area contributed by atoms with Crippen LogP contribution >= 0.6 is 28.1 Å². The van der Waals surface area contributed by atoms with E-state index < -0.39 is 0 Å². The van der Waals surface area contributed by atoms with Crippen LogP contribution in [0.25, 0.3) is 10.9 Å². The fourth-order valence-electron chi connectivity index (χ4n) is 6.13. The molecule has 1 aromatic heterocycles. The van der Waals surface area contributed by atoms with Gasteiger partial charge in [0.15, 0.2) is 5.11 Å². The van der Waals surface area contributed by atoms with Crippen molar-refractivity contribution in [3.8, 4) is 5.75 Å². The van der Waals surface area contributed by atoms with E-state index in [1.54, 1.807) is 7.11 Å². The summed E-state index contributed by atoms with van der Waals surface area (Å²) in [4.78, 5) is 21.7. The first kappa shape index (κ1) is 23.9. The first-order chi connectivity index (χ1) is 17.6. The molecule has 0 bridgehead atoms. The summed E-state index contributed by atoms with van der Waals surface area (Å²) in [5.74, 6) is 0.958. The molecule has 0 radical (unpaired) electrons. The second-order valence-corrected chi connectivity index (χ2v) is 11.2. The van der Waals surface area contributed by atoms with E-state index in [0.29, 0.717) is 24.7 Å². The van der Waals surface area contributed by atoms with Gasteiger partial charge in [0.2, 0.25) is 0 Å². The third-order valence-corrected chi connectivity index (χ3v) is 8.73. The zero-order chi connectivity index (χ0) is 24.8. The Balaban J connectivity index is 1.43. The maximum absolute atomic E-state index is 13.9. The molecule has 3 aromatic rings. The Morgan fingerprint density at radius 3 is 2.61 bits per heavy atom. The number of fused-ring (bicyclic) bond motifs is 4. The number of halogens is 1. The Bertz CT molecular complexity index is 1300. The van der Waals surface area contributed by atoms with E-state index in [4.69, 9.17) is 21.7 Å². The Labute approximate surface area is 225 Å². The van der Waals surface area contributed by atoms with Crippen molar-refractivity contribution in [2.24, 2.45) is 0 Å². The molecule has 1 aliphatic carbocycles. The zero-order valence-electron chi connectivity index (χ0n) is 20.3. The summed E-state index contributed by atoms with van der Waals surface area (Å²) in [5.41, 5.74) is 4.50. The Morgan fingerprint density at radius 1 is 1.08 bits per heavy atom. The summed E-state index contributed by atoms with van der Waals surface area (Å²) in [6.07, 6.45) is 6.28. The van der Waals surface area contributed by atoms with E-state index in [1.165, 1.54) is 17.4 Å².